The summed E-state index contributed by atoms with van der Waals surface area (Å²) in [6, 6.07) is 4.56. The molecular formula is C14H18F3NO2. The maximum Gasteiger partial charge on any atom is 0.416 e. The molecule has 0 aliphatic rings. The Labute approximate surface area is 116 Å². The summed E-state index contributed by atoms with van der Waals surface area (Å²) in [7, 11) is 1.29. The first kappa shape index (κ1) is 16.5. The second-order valence-electron chi connectivity index (χ2n) is 5.10. The van der Waals surface area contributed by atoms with E-state index in [1.807, 2.05) is 0 Å². The lowest BCUT2D eigenvalue weighted by molar-refractivity contribution is -0.147. The van der Waals surface area contributed by atoms with Gasteiger partial charge in [0, 0.05) is 6.04 Å². The average molecular weight is 289 g/mol. The van der Waals surface area contributed by atoms with E-state index in [0.717, 1.165) is 12.1 Å². The van der Waals surface area contributed by atoms with Gasteiger partial charge in [-0.1, -0.05) is 12.1 Å². The average Bonchev–Trinajstić information content (AvgIpc) is 2.36. The third-order valence-corrected chi connectivity index (χ3v) is 3.01. The molecule has 6 heteroatoms. The van der Waals surface area contributed by atoms with E-state index in [1.165, 1.54) is 19.2 Å². The third-order valence-electron chi connectivity index (χ3n) is 3.01. The topological polar surface area (TPSA) is 38.3 Å². The van der Waals surface area contributed by atoms with Crippen molar-refractivity contribution in [3.8, 4) is 0 Å². The van der Waals surface area contributed by atoms with Gasteiger partial charge < -0.3 is 4.74 Å². The number of hydrogen-bond acceptors (Lipinski definition) is 3. The molecule has 112 valence electrons. The number of alkyl halides is 3. The molecule has 0 fully saturated rings. The van der Waals surface area contributed by atoms with Gasteiger partial charge in [0.15, 0.2) is 0 Å². The SMILES string of the molecule is COC(=O)C(C)(C)NC(C)c1ccc(C(F)(F)F)cc1. The number of carbonyl (C=O) groups excluding carboxylic acids is 1. The molecule has 1 N–H and O–H groups in total. The highest BCUT2D eigenvalue weighted by atomic mass is 19.4. The number of methoxy groups -OCH3 is 1. The van der Waals surface area contributed by atoms with Crippen LogP contribution in [0.1, 0.15) is 37.9 Å². The van der Waals surface area contributed by atoms with Gasteiger partial charge >= 0.3 is 12.1 Å². The third kappa shape index (κ3) is 3.96. The first-order valence-electron chi connectivity index (χ1n) is 6.11. The molecule has 0 heterocycles. The monoisotopic (exact) mass is 289 g/mol. The van der Waals surface area contributed by atoms with E-state index in [0.29, 0.717) is 5.56 Å². The fraction of sp³-hybridized carbons (Fsp3) is 0.500. The minimum atomic E-state index is -4.35. The van der Waals surface area contributed by atoms with Crippen molar-refractivity contribution in [1.29, 1.82) is 0 Å². The van der Waals surface area contributed by atoms with Crippen LogP contribution in [0.3, 0.4) is 0 Å². The second-order valence-corrected chi connectivity index (χ2v) is 5.10. The van der Waals surface area contributed by atoms with Gasteiger partial charge in [-0.3, -0.25) is 10.1 Å². The summed E-state index contributed by atoms with van der Waals surface area (Å²) in [5.41, 5.74) is -0.952. The van der Waals surface area contributed by atoms with Crippen molar-refractivity contribution in [3.63, 3.8) is 0 Å². The Hall–Kier alpha value is -1.56. The lowest BCUT2D eigenvalue weighted by atomic mass is 10.0. The van der Waals surface area contributed by atoms with Gasteiger partial charge in [0.05, 0.1) is 12.7 Å². The van der Waals surface area contributed by atoms with Crippen LogP contribution in [0, 0.1) is 0 Å². The zero-order valence-corrected chi connectivity index (χ0v) is 11.8. The van der Waals surface area contributed by atoms with E-state index in [4.69, 9.17) is 0 Å². The quantitative estimate of drug-likeness (QED) is 0.864. The van der Waals surface area contributed by atoms with Crippen LogP contribution in [-0.2, 0) is 15.7 Å². The van der Waals surface area contributed by atoms with Gasteiger partial charge in [-0.25, -0.2) is 0 Å². The van der Waals surface area contributed by atoms with Gasteiger partial charge in [0.2, 0.25) is 0 Å². The van der Waals surface area contributed by atoms with E-state index in [2.05, 4.69) is 10.1 Å². The molecule has 0 aliphatic heterocycles. The van der Waals surface area contributed by atoms with Crippen LogP contribution in [0.4, 0.5) is 13.2 Å². The minimum absolute atomic E-state index is 0.286. The molecule has 0 radical (unpaired) electrons. The maximum absolute atomic E-state index is 12.5. The van der Waals surface area contributed by atoms with Crippen LogP contribution in [0.5, 0.6) is 0 Å². The molecule has 0 aromatic heterocycles. The molecule has 1 unspecified atom stereocenters. The first-order chi connectivity index (χ1) is 9.08. The number of nitrogens with one attached hydrogen (secondary N) is 1. The van der Waals surface area contributed by atoms with Gasteiger partial charge in [-0.2, -0.15) is 13.2 Å². The van der Waals surface area contributed by atoms with Gasteiger partial charge in [-0.05, 0) is 38.5 Å². The van der Waals surface area contributed by atoms with Crippen molar-refractivity contribution < 1.29 is 22.7 Å². The largest absolute Gasteiger partial charge is 0.468 e. The van der Waals surface area contributed by atoms with E-state index in [1.54, 1.807) is 20.8 Å². The molecular weight excluding hydrogens is 271 g/mol. The number of ether oxygens (including phenoxy) is 1. The van der Waals surface area contributed by atoms with Crippen molar-refractivity contribution in [2.45, 2.75) is 38.5 Å². The van der Waals surface area contributed by atoms with Gasteiger partial charge in [-0.15, -0.1) is 0 Å². The molecule has 0 amide bonds. The van der Waals surface area contributed by atoms with Gasteiger partial charge in [0.25, 0.3) is 0 Å². The summed E-state index contributed by atoms with van der Waals surface area (Å²) < 4.78 is 42.1. The molecule has 1 aromatic rings. The number of halogens is 3. The number of hydrogen-bond donors (Lipinski definition) is 1. The normalized spacial score (nSPS) is 13.9. The lowest BCUT2D eigenvalue weighted by Crippen LogP contribution is -2.48. The highest BCUT2D eigenvalue weighted by Gasteiger charge is 2.32. The summed E-state index contributed by atoms with van der Waals surface area (Å²) in [6.45, 7) is 5.08. The predicted octanol–water partition coefficient (Wildman–Crippen LogP) is 3.31. The molecule has 0 bridgehead atoms. The van der Waals surface area contributed by atoms with Crippen molar-refractivity contribution in [3.05, 3.63) is 35.4 Å². The summed E-state index contributed by atoms with van der Waals surface area (Å²) in [4.78, 5) is 11.6. The molecule has 1 atom stereocenters. The number of rotatable bonds is 4. The fourth-order valence-corrected chi connectivity index (χ4v) is 1.90. The molecule has 0 saturated heterocycles. The van der Waals surface area contributed by atoms with Crippen molar-refractivity contribution in [1.82, 2.24) is 5.32 Å². The molecule has 0 aliphatic carbocycles. The van der Waals surface area contributed by atoms with Crippen molar-refractivity contribution >= 4 is 5.97 Å². The van der Waals surface area contributed by atoms with Crippen LogP contribution < -0.4 is 5.32 Å². The van der Waals surface area contributed by atoms with Crippen molar-refractivity contribution in [2.24, 2.45) is 0 Å². The van der Waals surface area contributed by atoms with Gasteiger partial charge in [0.1, 0.15) is 5.54 Å². The number of benzene rings is 1. The molecule has 3 nitrogen and oxygen atoms in total. The summed E-state index contributed by atoms with van der Waals surface area (Å²) in [5, 5.41) is 3.03. The fourth-order valence-electron chi connectivity index (χ4n) is 1.90. The Bertz CT molecular complexity index is 466. The number of esters is 1. The standard InChI is InChI=1S/C14H18F3NO2/c1-9(18-13(2,3)12(19)20-4)10-5-7-11(8-6-10)14(15,16)17/h5-9,18H,1-4H3. The molecule has 0 spiro atoms. The molecule has 1 aromatic carbocycles. The Morgan fingerprint density at radius 2 is 1.70 bits per heavy atom. The van der Waals surface area contributed by atoms with E-state index < -0.39 is 23.2 Å². The first-order valence-corrected chi connectivity index (χ1v) is 6.11. The second kappa shape index (κ2) is 5.83. The van der Waals surface area contributed by atoms with Crippen molar-refractivity contribution in [2.75, 3.05) is 7.11 Å². The van der Waals surface area contributed by atoms with Crippen LogP contribution in [0.25, 0.3) is 0 Å². The maximum atomic E-state index is 12.5. The minimum Gasteiger partial charge on any atom is -0.468 e. The lowest BCUT2D eigenvalue weighted by Gasteiger charge is -2.27. The molecule has 0 saturated carbocycles. The Morgan fingerprint density at radius 3 is 2.10 bits per heavy atom. The Morgan fingerprint density at radius 1 is 1.20 bits per heavy atom. The molecule has 1 rings (SSSR count). The molecule has 20 heavy (non-hydrogen) atoms. The van der Waals surface area contributed by atoms with Crippen LogP contribution in [0.2, 0.25) is 0 Å². The smallest absolute Gasteiger partial charge is 0.416 e. The predicted molar refractivity (Wildman–Crippen MR) is 69.1 cm³/mol. The van der Waals surface area contributed by atoms with E-state index in [-0.39, 0.29) is 6.04 Å². The van der Waals surface area contributed by atoms with Crippen LogP contribution in [0.15, 0.2) is 24.3 Å². The van der Waals surface area contributed by atoms with E-state index >= 15 is 0 Å². The summed E-state index contributed by atoms with van der Waals surface area (Å²) in [5.74, 6) is -0.434. The van der Waals surface area contributed by atoms with Crippen LogP contribution >= 0.6 is 0 Å². The summed E-state index contributed by atoms with van der Waals surface area (Å²) in [6.07, 6.45) is -4.35. The highest BCUT2D eigenvalue weighted by molar-refractivity contribution is 5.79. The zero-order valence-electron chi connectivity index (χ0n) is 11.8. The highest BCUT2D eigenvalue weighted by Crippen LogP contribution is 2.30. The Kier molecular flexibility index (Phi) is 4.81. The summed E-state index contributed by atoms with van der Waals surface area (Å²) >= 11 is 0. The van der Waals surface area contributed by atoms with E-state index in [9.17, 15) is 18.0 Å². The Balaban J connectivity index is 2.83. The number of carbonyl (C=O) groups is 1. The van der Waals surface area contributed by atoms with Crippen LogP contribution in [-0.4, -0.2) is 18.6 Å². The zero-order chi connectivity index (χ0) is 15.6.